The van der Waals surface area contributed by atoms with Crippen molar-refractivity contribution >= 4 is 28.5 Å². The molecule has 0 aromatic heterocycles. The van der Waals surface area contributed by atoms with E-state index in [-0.39, 0.29) is 34.5 Å². The summed E-state index contributed by atoms with van der Waals surface area (Å²) in [6.07, 6.45) is 20.2. The van der Waals surface area contributed by atoms with Crippen LogP contribution in [0.4, 0.5) is 0 Å². The van der Waals surface area contributed by atoms with Crippen LogP contribution in [0.15, 0.2) is 17.8 Å². The van der Waals surface area contributed by atoms with Crippen LogP contribution < -0.4 is 9.47 Å². The maximum absolute atomic E-state index is 14.0. The summed E-state index contributed by atoms with van der Waals surface area (Å²) in [5, 5.41) is 0. The Morgan fingerprint density at radius 1 is 0.843 bits per heavy atom. The van der Waals surface area contributed by atoms with Gasteiger partial charge in [-0.25, -0.2) is 0 Å². The van der Waals surface area contributed by atoms with E-state index in [1.807, 2.05) is 6.92 Å². The first-order chi connectivity index (χ1) is 24.3. The van der Waals surface area contributed by atoms with E-state index in [1.54, 1.807) is 0 Å². The van der Waals surface area contributed by atoms with E-state index < -0.39 is 0 Å². The van der Waals surface area contributed by atoms with Gasteiger partial charge in [0.25, 0.3) is 0 Å². The molecule has 6 nitrogen and oxygen atoms in total. The van der Waals surface area contributed by atoms with Crippen molar-refractivity contribution in [3.8, 4) is 11.5 Å². The number of carbonyl (C=O) groups excluding carboxylic acids is 1. The summed E-state index contributed by atoms with van der Waals surface area (Å²) in [4.78, 5) is 19.1. The number of unbranched alkanes of at least 4 members (excludes halogenated alkanes) is 8. The number of allylic oxidation sites excluding steroid dienone is 1. The van der Waals surface area contributed by atoms with Gasteiger partial charge in [-0.3, -0.25) is 9.69 Å². The van der Waals surface area contributed by atoms with Crippen LogP contribution in [0, 0.1) is 17.8 Å². The van der Waals surface area contributed by atoms with Crippen LogP contribution in [0.25, 0.3) is 5.57 Å². The third-order valence-corrected chi connectivity index (χ3v) is 12.7. The molecule has 0 radical (unpaired) electrons. The number of ether oxygens (including phenoxy) is 3. The highest BCUT2D eigenvalue weighted by Crippen LogP contribution is 2.57. The Morgan fingerprint density at radius 3 is 2.10 bits per heavy atom. The van der Waals surface area contributed by atoms with E-state index in [9.17, 15) is 4.79 Å². The number of rotatable bonds is 21. The quantitative estimate of drug-likeness (QED) is 0.0704. The van der Waals surface area contributed by atoms with Gasteiger partial charge in [0.2, 0.25) is 0 Å². The third kappa shape index (κ3) is 10.6. The van der Waals surface area contributed by atoms with E-state index in [1.165, 1.54) is 107 Å². The predicted octanol–water partition coefficient (Wildman–Crippen LogP) is 11.4. The highest BCUT2D eigenvalue weighted by Gasteiger charge is 2.51. The van der Waals surface area contributed by atoms with Crippen molar-refractivity contribution < 1.29 is 19.0 Å². The normalized spacial score (nSPS) is 20.2. The van der Waals surface area contributed by atoms with Gasteiger partial charge < -0.3 is 19.1 Å². The number of hydrogen-bond donors (Lipinski definition) is 0. The van der Waals surface area contributed by atoms with Crippen molar-refractivity contribution in [3.05, 3.63) is 29.0 Å². The first kappa shape index (κ1) is 42.2. The monoisotopic (exact) mass is 772 g/mol. The molecule has 0 spiro atoms. The fourth-order valence-electron chi connectivity index (χ4n) is 9.13. The molecule has 5 aliphatic heterocycles. The van der Waals surface area contributed by atoms with Crippen LogP contribution in [0.2, 0.25) is 0 Å². The van der Waals surface area contributed by atoms with E-state index >= 15 is 0 Å². The lowest BCUT2D eigenvalue weighted by atomic mass is 9.70. The van der Waals surface area contributed by atoms with Gasteiger partial charge in [-0.2, -0.15) is 0 Å². The molecule has 0 aliphatic carbocycles. The highest BCUT2D eigenvalue weighted by atomic mass is 79.9. The average Bonchev–Trinajstić information content (AvgIpc) is 3.14. The minimum Gasteiger partial charge on any atom is -0.480 e. The molecule has 3 atom stereocenters. The minimum absolute atomic E-state index is 0. The Balaban J connectivity index is 0.00000583. The molecule has 3 unspecified atom stereocenters. The number of benzene rings is 1. The molecule has 2 bridgehead atoms. The molecular weight excluding hydrogens is 700 g/mol. The Kier molecular flexibility index (Phi) is 17.2. The van der Waals surface area contributed by atoms with Crippen molar-refractivity contribution in [2.45, 2.75) is 162 Å². The number of piperidine rings is 1. The van der Waals surface area contributed by atoms with Gasteiger partial charge in [0.05, 0.1) is 30.4 Å². The van der Waals surface area contributed by atoms with Crippen LogP contribution >= 0.6 is 17.0 Å². The van der Waals surface area contributed by atoms with Crippen LogP contribution in [0.1, 0.15) is 168 Å². The average molecular weight is 774 g/mol. The number of fused-ring (bicyclic) bond motifs is 3. The molecular formula is C44H73BrN2O4. The zero-order chi connectivity index (χ0) is 35.5. The zero-order valence-corrected chi connectivity index (χ0v) is 35.1. The summed E-state index contributed by atoms with van der Waals surface area (Å²) in [5.74, 6) is 2.83. The topological polar surface area (TPSA) is 51.2 Å². The second-order valence-electron chi connectivity index (χ2n) is 16.5. The molecule has 5 heterocycles. The first-order valence-electron chi connectivity index (χ1n) is 21.2. The highest BCUT2D eigenvalue weighted by molar-refractivity contribution is 8.93. The van der Waals surface area contributed by atoms with Gasteiger partial charge in [-0.1, -0.05) is 106 Å². The molecule has 0 N–H and O–H groups in total. The number of nitrogens with zero attached hydrogens (tertiary/aromatic N) is 2. The molecule has 290 valence electrons. The Bertz CT molecular complexity index is 1240. The molecule has 0 saturated carbocycles. The zero-order valence-electron chi connectivity index (χ0n) is 33.4. The molecule has 1 aromatic carbocycles. The maximum Gasteiger partial charge on any atom is 0.314 e. The molecule has 0 amide bonds. The Hall–Kier alpha value is -1.57. The van der Waals surface area contributed by atoms with Crippen LogP contribution in [0.5, 0.6) is 11.5 Å². The van der Waals surface area contributed by atoms with Crippen LogP contribution in [-0.2, 0) is 9.53 Å². The summed E-state index contributed by atoms with van der Waals surface area (Å²) in [6.45, 7) is 20.3. The lowest BCUT2D eigenvalue weighted by molar-refractivity contribution is -0.138. The first-order valence-corrected chi connectivity index (χ1v) is 21.2. The number of morpholine rings is 1. The predicted molar refractivity (Wildman–Crippen MR) is 217 cm³/mol. The minimum atomic E-state index is -0.301. The molecule has 51 heavy (non-hydrogen) atoms. The van der Waals surface area contributed by atoms with Crippen molar-refractivity contribution in [2.75, 3.05) is 45.9 Å². The van der Waals surface area contributed by atoms with Crippen molar-refractivity contribution in [2.24, 2.45) is 17.8 Å². The summed E-state index contributed by atoms with van der Waals surface area (Å²) >= 11 is 0. The van der Waals surface area contributed by atoms with Crippen molar-refractivity contribution in [1.82, 2.24) is 9.80 Å². The largest absolute Gasteiger partial charge is 0.480 e. The van der Waals surface area contributed by atoms with Crippen LogP contribution in [0.3, 0.4) is 0 Å². The fraction of sp³-hybridized carbons (Fsp3) is 0.795. The molecule has 7 heteroatoms. The van der Waals surface area contributed by atoms with Gasteiger partial charge in [0.1, 0.15) is 17.1 Å². The van der Waals surface area contributed by atoms with E-state index in [0.717, 1.165) is 82.3 Å². The number of halogens is 1. The molecule has 5 aliphatic rings. The van der Waals surface area contributed by atoms with Gasteiger partial charge >= 0.3 is 5.97 Å². The second kappa shape index (κ2) is 20.8. The lowest BCUT2D eigenvalue weighted by Gasteiger charge is -2.54. The molecule has 2 saturated heterocycles. The standard InChI is InChI=1S/C44H72N2O4.BrH/c1-7-10-13-16-22-44(23-17-14-11-8-2)42-40(36-20-25-46(42)26-21-36)41-38(49-43(47)34(5)19-24-45-27-29-48-30-28-45)31-37(32-39(41)50-44)35(6)33(4)18-15-12-9-3;/h31-36H,7-30H2,1-6H3;1H. The third-order valence-electron chi connectivity index (χ3n) is 12.7. The summed E-state index contributed by atoms with van der Waals surface area (Å²) in [5.41, 5.74) is 4.95. The molecule has 2 fully saturated rings. The Labute approximate surface area is 322 Å². The molecule has 1 aromatic rings. The maximum atomic E-state index is 14.0. The van der Waals surface area contributed by atoms with E-state index in [0.29, 0.717) is 17.8 Å². The van der Waals surface area contributed by atoms with Crippen molar-refractivity contribution in [3.63, 3.8) is 0 Å². The lowest BCUT2D eigenvalue weighted by Crippen LogP contribution is -2.54. The van der Waals surface area contributed by atoms with Gasteiger partial charge in [-0.05, 0) is 92.5 Å². The Morgan fingerprint density at radius 2 is 1.47 bits per heavy atom. The smallest absolute Gasteiger partial charge is 0.314 e. The summed E-state index contributed by atoms with van der Waals surface area (Å²) in [7, 11) is 0. The summed E-state index contributed by atoms with van der Waals surface area (Å²) < 4.78 is 19.7. The number of hydrogen-bond acceptors (Lipinski definition) is 6. The van der Waals surface area contributed by atoms with Gasteiger partial charge in [-0.15, -0.1) is 17.0 Å². The van der Waals surface area contributed by atoms with Gasteiger partial charge in [0, 0.05) is 26.2 Å². The van der Waals surface area contributed by atoms with Gasteiger partial charge in [0.15, 0.2) is 0 Å². The summed E-state index contributed by atoms with van der Waals surface area (Å²) in [6, 6.07) is 4.62. The van der Waals surface area contributed by atoms with Crippen LogP contribution in [-0.4, -0.2) is 67.3 Å². The number of carbonyl (C=O) groups is 1. The van der Waals surface area contributed by atoms with Crippen molar-refractivity contribution in [1.29, 1.82) is 0 Å². The second-order valence-corrected chi connectivity index (χ2v) is 16.5. The van der Waals surface area contributed by atoms with E-state index in [4.69, 9.17) is 14.2 Å². The SMILES string of the molecule is Br.CCCCCCC1(CCCCCC)Oc2cc(C(C)C(C)CCCCC)cc(OC(=O)C(C)CCN3CCOCC3)c2C2=C1N1CCC2CC1. The fourth-order valence-corrected chi connectivity index (χ4v) is 9.13. The number of esters is 1. The van der Waals surface area contributed by atoms with E-state index in [2.05, 4.69) is 56.6 Å². The molecule has 6 rings (SSSR count).